The number of aliphatic hydroxyl groups is 1. The van der Waals surface area contributed by atoms with Crippen molar-refractivity contribution in [1.82, 2.24) is 15.0 Å². The van der Waals surface area contributed by atoms with E-state index in [2.05, 4.69) is 20.3 Å². The smallest absolute Gasteiger partial charge is 0.220 e. The van der Waals surface area contributed by atoms with Gasteiger partial charge in [0.15, 0.2) is 5.82 Å². The molecule has 2 aromatic rings. The number of hydrogen-bond acceptors (Lipinski definition) is 6. The molecule has 0 saturated carbocycles. The number of aromatic nitrogens is 3. The number of anilines is 2. The lowest BCUT2D eigenvalue weighted by Gasteiger charge is -2.14. The first-order valence-corrected chi connectivity index (χ1v) is 5.85. The Labute approximate surface area is 105 Å². The van der Waals surface area contributed by atoms with Gasteiger partial charge in [0, 0.05) is 17.6 Å². The van der Waals surface area contributed by atoms with Crippen molar-refractivity contribution in [3.8, 4) is 0 Å². The molecular formula is C12H17N5O. The molecule has 2 heterocycles. The Bertz CT molecular complexity index is 568. The van der Waals surface area contributed by atoms with Gasteiger partial charge in [-0.25, -0.2) is 15.0 Å². The fourth-order valence-electron chi connectivity index (χ4n) is 1.66. The van der Waals surface area contributed by atoms with Gasteiger partial charge in [0.2, 0.25) is 5.95 Å². The van der Waals surface area contributed by atoms with E-state index in [-0.39, 0.29) is 12.0 Å². The summed E-state index contributed by atoms with van der Waals surface area (Å²) in [5.41, 5.74) is 6.84. The van der Waals surface area contributed by atoms with E-state index in [1.807, 2.05) is 13.8 Å². The van der Waals surface area contributed by atoms with E-state index in [1.165, 1.54) is 0 Å². The molecule has 18 heavy (non-hydrogen) atoms. The maximum atomic E-state index is 9.64. The molecule has 0 aliphatic carbocycles. The SMILES string of the molecule is CC(C)Nc1nc(C(C)O)cc2cnc(N)nc12. The zero-order valence-electron chi connectivity index (χ0n) is 10.7. The fraction of sp³-hybridized carbons (Fsp3) is 0.417. The highest BCUT2D eigenvalue weighted by Gasteiger charge is 2.12. The first-order valence-electron chi connectivity index (χ1n) is 5.85. The molecule has 1 atom stereocenters. The topological polar surface area (TPSA) is 97.0 Å². The van der Waals surface area contributed by atoms with E-state index < -0.39 is 6.10 Å². The quantitative estimate of drug-likeness (QED) is 0.760. The number of fused-ring (bicyclic) bond motifs is 1. The molecule has 6 heteroatoms. The largest absolute Gasteiger partial charge is 0.387 e. The first kappa shape index (κ1) is 12.5. The van der Waals surface area contributed by atoms with Gasteiger partial charge in [-0.2, -0.15) is 0 Å². The summed E-state index contributed by atoms with van der Waals surface area (Å²) in [4.78, 5) is 12.5. The van der Waals surface area contributed by atoms with Gasteiger partial charge in [-0.15, -0.1) is 0 Å². The Hall–Kier alpha value is -1.95. The molecule has 0 aromatic carbocycles. The third-order valence-corrected chi connectivity index (χ3v) is 2.46. The van der Waals surface area contributed by atoms with Gasteiger partial charge in [-0.3, -0.25) is 0 Å². The first-order chi connectivity index (χ1) is 8.47. The Balaban J connectivity index is 2.65. The van der Waals surface area contributed by atoms with Crippen LogP contribution in [-0.4, -0.2) is 26.1 Å². The van der Waals surface area contributed by atoms with Gasteiger partial charge >= 0.3 is 0 Å². The minimum Gasteiger partial charge on any atom is -0.387 e. The van der Waals surface area contributed by atoms with Gasteiger partial charge in [0.05, 0.1) is 11.8 Å². The molecule has 4 N–H and O–H groups in total. The van der Waals surface area contributed by atoms with Crippen molar-refractivity contribution in [3.05, 3.63) is 18.0 Å². The van der Waals surface area contributed by atoms with E-state index in [0.29, 0.717) is 17.0 Å². The highest BCUT2D eigenvalue weighted by molar-refractivity contribution is 5.88. The molecule has 96 valence electrons. The fourth-order valence-corrected chi connectivity index (χ4v) is 1.66. The second-order valence-electron chi connectivity index (χ2n) is 4.54. The summed E-state index contributed by atoms with van der Waals surface area (Å²) in [6.45, 7) is 5.69. The van der Waals surface area contributed by atoms with E-state index >= 15 is 0 Å². The second-order valence-corrected chi connectivity index (χ2v) is 4.54. The Morgan fingerprint density at radius 3 is 2.61 bits per heavy atom. The Kier molecular flexibility index (Phi) is 3.29. The number of nitrogen functional groups attached to an aromatic ring is 1. The highest BCUT2D eigenvalue weighted by atomic mass is 16.3. The van der Waals surface area contributed by atoms with Crippen LogP contribution in [0, 0.1) is 0 Å². The van der Waals surface area contributed by atoms with E-state index in [4.69, 9.17) is 5.73 Å². The highest BCUT2D eigenvalue weighted by Crippen LogP contribution is 2.24. The zero-order chi connectivity index (χ0) is 13.3. The van der Waals surface area contributed by atoms with Gasteiger partial charge in [-0.05, 0) is 26.8 Å². The van der Waals surface area contributed by atoms with Crippen LogP contribution in [0.4, 0.5) is 11.8 Å². The molecule has 0 bridgehead atoms. The van der Waals surface area contributed by atoms with E-state index in [9.17, 15) is 5.11 Å². The summed E-state index contributed by atoms with van der Waals surface area (Å²) in [7, 11) is 0. The van der Waals surface area contributed by atoms with Crippen molar-refractivity contribution in [3.63, 3.8) is 0 Å². The van der Waals surface area contributed by atoms with Crippen LogP contribution in [0.1, 0.15) is 32.6 Å². The molecule has 1 unspecified atom stereocenters. The number of aliphatic hydroxyl groups excluding tert-OH is 1. The van der Waals surface area contributed by atoms with E-state index in [0.717, 1.165) is 5.39 Å². The number of hydrogen-bond donors (Lipinski definition) is 3. The Morgan fingerprint density at radius 2 is 2.00 bits per heavy atom. The minimum atomic E-state index is -0.639. The number of nitrogens with two attached hydrogens (primary N) is 1. The second kappa shape index (κ2) is 4.73. The lowest BCUT2D eigenvalue weighted by molar-refractivity contribution is 0.194. The van der Waals surface area contributed by atoms with Crippen LogP contribution in [0.25, 0.3) is 10.9 Å². The van der Waals surface area contributed by atoms with E-state index in [1.54, 1.807) is 19.2 Å². The standard InChI is InChI=1S/C12H17N5O/c1-6(2)15-11-10-8(5-14-12(13)17-10)4-9(16-11)7(3)18/h4-7,18H,1-3H3,(H,15,16)(H2,13,14,17). The molecule has 0 amide bonds. The maximum Gasteiger partial charge on any atom is 0.220 e. The molecule has 0 aliphatic rings. The van der Waals surface area contributed by atoms with Crippen LogP contribution in [0.5, 0.6) is 0 Å². The third kappa shape index (κ3) is 2.48. The molecule has 2 rings (SSSR count). The molecule has 0 fully saturated rings. The summed E-state index contributed by atoms with van der Waals surface area (Å²) in [6, 6.07) is 1.98. The number of rotatable bonds is 3. The molecule has 0 spiro atoms. The number of pyridine rings is 1. The number of nitrogens with zero attached hydrogens (tertiary/aromatic N) is 3. The predicted molar refractivity (Wildman–Crippen MR) is 71.1 cm³/mol. The molecule has 6 nitrogen and oxygen atoms in total. The molecular weight excluding hydrogens is 230 g/mol. The van der Waals surface area contributed by atoms with Gasteiger partial charge in [-0.1, -0.05) is 0 Å². The van der Waals surface area contributed by atoms with Gasteiger partial charge in [0.1, 0.15) is 5.52 Å². The summed E-state index contributed by atoms with van der Waals surface area (Å²) in [6.07, 6.45) is 0.996. The van der Waals surface area contributed by atoms with Gasteiger partial charge in [0.25, 0.3) is 0 Å². The lowest BCUT2D eigenvalue weighted by atomic mass is 10.2. The average molecular weight is 247 g/mol. The van der Waals surface area contributed by atoms with Crippen LogP contribution >= 0.6 is 0 Å². The molecule has 2 aromatic heterocycles. The van der Waals surface area contributed by atoms with Crippen molar-refractivity contribution >= 4 is 22.7 Å². The minimum absolute atomic E-state index is 0.209. The predicted octanol–water partition coefficient (Wildman–Crippen LogP) is 1.48. The Morgan fingerprint density at radius 1 is 1.28 bits per heavy atom. The van der Waals surface area contributed by atoms with Crippen molar-refractivity contribution < 1.29 is 5.11 Å². The van der Waals surface area contributed by atoms with Crippen LogP contribution in [-0.2, 0) is 0 Å². The van der Waals surface area contributed by atoms with Crippen LogP contribution < -0.4 is 11.1 Å². The summed E-state index contributed by atoms with van der Waals surface area (Å²) >= 11 is 0. The summed E-state index contributed by atoms with van der Waals surface area (Å²) in [5, 5.41) is 13.6. The summed E-state index contributed by atoms with van der Waals surface area (Å²) in [5.74, 6) is 0.827. The lowest BCUT2D eigenvalue weighted by Crippen LogP contribution is -2.13. The maximum absolute atomic E-state index is 9.64. The van der Waals surface area contributed by atoms with Crippen molar-refractivity contribution in [2.75, 3.05) is 11.1 Å². The molecule has 0 saturated heterocycles. The normalized spacial score (nSPS) is 12.9. The van der Waals surface area contributed by atoms with Crippen molar-refractivity contribution in [2.45, 2.75) is 32.9 Å². The average Bonchev–Trinajstić information content (AvgIpc) is 2.28. The van der Waals surface area contributed by atoms with Crippen LogP contribution in [0.3, 0.4) is 0 Å². The number of nitrogens with one attached hydrogen (secondary N) is 1. The van der Waals surface area contributed by atoms with Gasteiger partial charge < -0.3 is 16.2 Å². The zero-order valence-corrected chi connectivity index (χ0v) is 10.7. The molecule has 0 radical (unpaired) electrons. The third-order valence-electron chi connectivity index (χ3n) is 2.46. The van der Waals surface area contributed by atoms with Crippen molar-refractivity contribution in [1.29, 1.82) is 0 Å². The molecule has 0 aliphatic heterocycles. The van der Waals surface area contributed by atoms with Crippen molar-refractivity contribution in [2.24, 2.45) is 0 Å². The van der Waals surface area contributed by atoms with Crippen LogP contribution in [0.15, 0.2) is 12.3 Å². The monoisotopic (exact) mass is 247 g/mol. The summed E-state index contributed by atoms with van der Waals surface area (Å²) < 4.78 is 0. The van der Waals surface area contributed by atoms with Crippen LogP contribution in [0.2, 0.25) is 0 Å².